The van der Waals surface area contributed by atoms with E-state index in [0.29, 0.717) is 0 Å². The Morgan fingerprint density at radius 1 is 0.529 bits per heavy atom. The van der Waals surface area contributed by atoms with E-state index >= 15 is 0 Å². The average molecular weight is 465 g/mol. The van der Waals surface area contributed by atoms with Crippen LogP contribution in [0.1, 0.15) is 74.9 Å². The summed E-state index contributed by atoms with van der Waals surface area (Å²) in [6.07, 6.45) is 0. The lowest BCUT2D eigenvalue weighted by molar-refractivity contribution is 0.588. The molecule has 0 amide bonds. The summed E-state index contributed by atoms with van der Waals surface area (Å²) >= 11 is 6.64. The Bertz CT molecular complexity index is 1290. The number of fused-ring (bicyclic) bond motifs is 3. The van der Waals surface area contributed by atoms with Gasteiger partial charge in [0, 0.05) is 5.02 Å². The lowest BCUT2D eigenvalue weighted by atomic mass is 9.67. The van der Waals surface area contributed by atoms with Crippen molar-refractivity contribution in [1.82, 2.24) is 0 Å². The molecule has 0 heterocycles. The zero-order valence-electron chi connectivity index (χ0n) is 21.0. The minimum absolute atomic E-state index is 0.106. The van der Waals surface area contributed by atoms with E-state index < -0.39 is 5.41 Å². The Labute approximate surface area is 209 Å². The molecule has 0 spiro atoms. The summed E-state index contributed by atoms with van der Waals surface area (Å²) in [7, 11) is 0. The predicted octanol–water partition coefficient (Wildman–Crippen LogP) is 9.30. The van der Waals surface area contributed by atoms with Crippen molar-refractivity contribution in [2.45, 2.75) is 57.8 Å². The van der Waals surface area contributed by atoms with Gasteiger partial charge in [0.1, 0.15) is 0 Å². The molecule has 5 rings (SSSR count). The van der Waals surface area contributed by atoms with E-state index in [2.05, 4.69) is 126 Å². The van der Waals surface area contributed by atoms with Crippen LogP contribution in [0.4, 0.5) is 0 Å². The zero-order chi connectivity index (χ0) is 24.3. The molecule has 4 aromatic carbocycles. The monoisotopic (exact) mass is 464 g/mol. The Morgan fingerprint density at radius 2 is 1.00 bits per heavy atom. The summed E-state index contributed by atoms with van der Waals surface area (Å²) in [5.41, 5.74) is 10.2. The molecule has 172 valence electrons. The van der Waals surface area contributed by atoms with Crippen molar-refractivity contribution in [2.75, 3.05) is 0 Å². The van der Waals surface area contributed by atoms with E-state index in [9.17, 15) is 0 Å². The van der Waals surface area contributed by atoms with Crippen LogP contribution < -0.4 is 0 Å². The molecule has 0 unspecified atom stereocenters. The molecule has 0 N–H and O–H groups in total. The lowest BCUT2D eigenvalue weighted by Crippen LogP contribution is -2.29. The highest BCUT2D eigenvalue weighted by Crippen LogP contribution is 2.56. The molecule has 1 aliphatic carbocycles. The summed E-state index contributed by atoms with van der Waals surface area (Å²) < 4.78 is 0. The Hall–Kier alpha value is -2.83. The third kappa shape index (κ3) is 3.51. The summed E-state index contributed by atoms with van der Waals surface area (Å²) in [6.45, 7) is 13.6. The summed E-state index contributed by atoms with van der Waals surface area (Å²) in [6, 6.07) is 33.7. The molecule has 0 radical (unpaired) electrons. The maximum Gasteiger partial charge on any atom is 0.0714 e. The second-order valence-corrected chi connectivity index (χ2v) is 12.1. The second-order valence-electron chi connectivity index (χ2n) is 11.6. The predicted molar refractivity (Wildman–Crippen MR) is 146 cm³/mol. The smallest absolute Gasteiger partial charge is 0.0714 e. The number of benzene rings is 4. The number of rotatable bonds is 2. The van der Waals surface area contributed by atoms with E-state index in [4.69, 9.17) is 11.6 Å². The van der Waals surface area contributed by atoms with E-state index in [-0.39, 0.29) is 10.8 Å². The molecule has 0 saturated heterocycles. The van der Waals surface area contributed by atoms with Crippen LogP contribution >= 0.6 is 11.6 Å². The van der Waals surface area contributed by atoms with Crippen LogP contribution in [0.25, 0.3) is 11.1 Å². The summed E-state index contributed by atoms with van der Waals surface area (Å²) in [4.78, 5) is 0. The topological polar surface area (TPSA) is 0 Å². The van der Waals surface area contributed by atoms with Crippen molar-refractivity contribution < 1.29 is 0 Å². The average Bonchev–Trinajstić information content (AvgIpc) is 3.08. The molecule has 0 atom stereocenters. The molecule has 1 aliphatic rings. The van der Waals surface area contributed by atoms with Crippen molar-refractivity contribution in [2.24, 2.45) is 0 Å². The third-order valence-corrected chi connectivity index (χ3v) is 7.61. The normalized spacial score (nSPS) is 14.6. The minimum Gasteiger partial charge on any atom is -0.0843 e. The van der Waals surface area contributed by atoms with E-state index in [0.717, 1.165) is 5.02 Å². The van der Waals surface area contributed by atoms with Crippen molar-refractivity contribution in [3.8, 4) is 11.1 Å². The molecule has 4 aromatic rings. The van der Waals surface area contributed by atoms with Crippen LogP contribution in [-0.2, 0) is 16.2 Å². The van der Waals surface area contributed by atoms with Crippen LogP contribution in [-0.4, -0.2) is 0 Å². The van der Waals surface area contributed by atoms with Gasteiger partial charge in [0.05, 0.1) is 5.41 Å². The molecule has 0 bridgehead atoms. The van der Waals surface area contributed by atoms with Crippen LogP contribution in [0.15, 0.2) is 91.0 Å². The van der Waals surface area contributed by atoms with E-state index in [1.165, 1.54) is 44.5 Å². The standard InChI is InChI=1S/C33H33Cl/c1-31(2,3)22-11-15-24(16-12-22)33(25-17-13-23(14-18-25)32(4,5)6)29-10-8-7-9-27(29)28-20-19-26(34)21-30(28)33/h7-21H,1-6H3. The first kappa shape index (κ1) is 22.9. The van der Waals surface area contributed by atoms with E-state index in [1.807, 2.05) is 6.07 Å². The molecular formula is C33H33Cl. The first-order valence-corrected chi connectivity index (χ1v) is 12.5. The molecule has 0 saturated carbocycles. The van der Waals surface area contributed by atoms with Gasteiger partial charge in [0.2, 0.25) is 0 Å². The number of halogens is 1. The molecule has 34 heavy (non-hydrogen) atoms. The minimum atomic E-state index is -0.413. The maximum absolute atomic E-state index is 6.64. The molecule has 0 aliphatic heterocycles. The number of hydrogen-bond donors (Lipinski definition) is 0. The third-order valence-electron chi connectivity index (χ3n) is 7.37. The first-order chi connectivity index (χ1) is 16.0. The quantitative estimate of drug-likeness (QED) is 0.244. The fourth-order valence-electron chi connectivity index (χ4n) is 5.48. The van der Waals surface area contributed by atoms with Crippen LogP contribution in [0.2, 0.25) is 5.02 Å². The van der Waals surface area contributed by atoms with Gasteiger partial charge in [-0.3, -0.25) is 0 Å². The molecular weight excluding hydrogens is 432 g/mol. The van der Waals surface area contributed by atoms with Crippen LogP contribution in [0.5, 0.6) is 0 Å². The first-order valence-electron chi connectivity index (χ1n) is 12.1. The van der Waals surface area contributed by atoms with Gasteiger partial charge in [-0.25, -0.2) is 0 Å². The SMILES string of the molecule is CC(C)(C)c1ccc(C2(c3ccc(C(C)(C)C)cc3)c3ccccc3-c3ccc(Cl)cc32)cc1. The largest absolute Gasteiger partial charge is 0.0843 e. The highest BCUT2D eigenvalue weighted by molar-refractivity contribution is 6.30. The fourth-order valence-corrected chi connectivity index (χ4v) is 5.65. The van der Waals surface area contributed by atoms with Crippen LogP contribution in [0.3, 0.4) is 0 Å². The second kappa shape index (κ2) is 7.85. The van der Waals surface area contributed by atoms with Crippen LogP contribution in [0, 0.1) is 0 Å². The molecule has 0 aromatic heterocycles. The van der Waals surface area contributed by atoms with Gasteiger partial charge < -0.3 is 0 Å². The van der Waals surface area contributed by atoms with Gasteiger partial charge in [-0.2, -0.15) is 0 Å². The molecule has 0 fully saturated rings. The van der Waals surface area contributed by atoms with Gasteiger partial charge >= 0.3 is 0 Å². The Morgan fingerprint density at radius 3 is 1.50 bits per heavy atom. The zero-order valence-corrected chi connectivity index (χ0v) is 21.8. The van der Waals surface area contributed by atoms with Gasteiger partial charge in [0.15, 0.2) is 0 Å². The van der Waals surface area contributed by atoms with Gasteiger partial charge in [-0.15, -0.1) is 0 Å². The van der Waals surface area contributed by atoms with E-state index in [1.54, 1.807) is 0 Å². The van der Waals surface area contributed by atoms with Crippen molar-refractivity contribution in [3.05, 3.63) is 129 Å². The summed E-state index contributed by atoms with van der Waals surface area (Å²) in [5.74, 6) is 0. The van der Waals surface area contributed by atoms with Gasteiger partial charge in [-0.1, -0.05) is 132 Å². The Kier molecular flexibility index (Phi) is 5.30. The van der Waals surface area contributed by atoms with Gasteiger partial charge in [-0.05, 0) is 67.5 Å². The fraction of sp³-hybridized carbons (Fsp3) is 0.273. The lowest BCUT2D eigenvalue weighted by Gasteiger charge is -2.35. The highest BCUT2D eigenvalue weighted by Gasteiger charge is 2.46. The maximum atomic E-state index is 6.64. The van der Waals surface area contributed by atoms with Crippen molar-refractivity contribution in [3.63, 3.8) is 0 Å². The van der Waals surface area contributed by atoms with Crippen molar-refractivity contribution in [1.29, 1.82) is 0 Å². The van der Waals surface area contributed by atoms with Crippen molar-refractivity contribution >= 4 is 11.6 Å². The number of hydrogen-bond acceptors (Lipinski definition) is 0. The Balaban J connectivity index is 1.85. The highest BCUT2D eigenvalue weighted by atomic mass is 35.5. The summed E-state index contributed by atoms with van der Waals surface area (Å²) in [5, 5.41) is 0.772. The van der Waals surface area contributed by atoms with Gasteiger partial charge in [0.25, 0.3) is 0 Å². The molecule has 1 heteroatoms. The molecule has 0 nitrogen and oxygen atoms in total.